The van der Waals surface area contributed by atoms with Crippen LogP contribution in [-0.2, 0) is 10.6 Å². The van der Waals surface area contributed by atoms with Gasteiger partial charge in [0.15, 0.2) is 0 Å². The fourth-order valence-corrected chi connectivity index (χ4v) is 1.60. The Kier molecular flexibility index (Phi) is 4.86. The Hall–Kier alpha value is -1.87. The summed E-state index contributed by atoms with van der Waals surface area (Å²) in [7, 11) is 1.11. The number of carbonyl (C=O) groups excluding carboxylic acids is 1. The lowest BCUT2D eigenvalue weighted by Gasteiger charge is -2.12. The third kappa shape index (κ3) is 2.87. The number of alkyl halides is 3. The topological polar surface area (TPSA) is 59.3 Å². The monoisotopic (exact) mass is 275 g/mol. The predicted molar refractivity (Wildman–Crippen MR) is 58.7 cm³/mol. The van der Waals surface area contributed by atoms with Crippen LogP contribution in [0.4, 0.5) is 8.78 Å². The van der Waals surface area contributed by atoms with Crippen LogP contribution in [0.15, 0.2) is 12.1 Å². The van der Waals surface area contributed by atoms with Gasteiger partial charge in [-0.25, -0.2) is 4.79 Å². The van der Waals surface area contributed by atoms with Crippen molar-refractivity contribution in [1.29, 1.82) is 5.26 Å². The van der Waals surface area contributed by atoms with Crippen LogP contribution in [0.1, 0.15) is 21.5 Å². The minimum Gasteiger partial charge on any atom is -0.465 e. The minimum absolute atomic E-state index is 0.0614. The second-order valence-electron chi connectivity index (χ2n) is 3.09. The Labute approximate surface area is 107 Å². The minimum atomic E-state index is -3.09. The summed E-state index contributed by atoms with van der Waals surface area (Å²) >= 11 is 5.61. The Morgan fingerprint density at radius 1 is 1.56 bits per heavy atom. The van der Waals surface area contributed by atoms with Crippen LogP contribution in [0.25, 0.3) is 0 Å². The van der Waals surface area contributed by atoms with Gasteiger partial charge >= 0.3 is 12.6 Å². The molecule has 0 aliphatic heterocycles. The number of ether oxygens (including phenoxy) is 2. The highest BCUT2D eigenvalue weighted by Gasteiger charge is 2.22. The molecule has 0 fully saturated rings. The molecule has 0 atom stereocenters. The van der Waals surface area contributed by atoms with E-state index in [9.17, 15) is 13.6 Å². The lowest BCUT2D eigenvalue weighted by atomic mass is 10.0. The fraction of sp³-hybridized carbons (Fsp3) is 0.273. The number of benzene rings is 1. The van der Waals surface area contributed by atoms with Crippen molar-refractivity contribution >= 4 is 17.6 Å². The molecule has 0 spiro atoms. The summed E-state index contributed by atoms with van der Waals surface area (Å²) in [5.41, 5.74) is -0.171. The van der Waals surface area contributed by atoms with Crippen molar-refractivity contribution in [2.75, 3.05) is 7.11 Å². The van der Waals surface area contributed by atoms with Crippen LogP contribution >= 0.6 is 11.6 Å². The van der Waals surface area contributed by atoms with Gasteiger partial charge in [0.25, 0.3) is 0 Å². The van der Waals surface area contributed by atoms with Crippen molar-refractivity contribution in [3.8, 4) is 11.8 Å². The fourth-order valence-electron chi connectivity index (χ4n) is 1.38. The highest BCUT2D eigenvalue weighted by molar-refractivity contribution is 6.17. The predicted octanol–water partition coefficient (Wildman–Crippen LogP) is 2.69. The van der Waals surface area contributed by atoms with Crippen LogP contribution in [0, 0.1) is 11.3 Å². The molecule has 1 rings (SSSR count). The van der Waals surface area contributed by atoms with E-state index in [0.29, 0.717) is 5.56 Å². The quantitative estimate of drug-likeness (QED) is 0.626. The summed E-state index contributed by atoms with van der Waals surface area (Å²) in [6.07, 6.45) is 0. The molecule has 0 radical (unpaired) electrons. The first kappa shape index (κ1) is 14.2. The number of esters is 1. The van der Waals surface area contributed by atoms with E-state index in [0.717, 1.165) is 13.2 Å². The van der Waals surface area contributed by atoms with Crippen LogP contribution in [-0.4, -0.2) is 19.7 Å². The zero-order valence-electron chi connectivity index (χ0n) is 9.25. The number of carbonyl (C=O) groups is 1. The average molecular weight is 276 g/mol. The standard InChI is InChI=1S/C11H8ClF2NO3/c1-17-10(16)9-6(4-12)2-3-8(7(9)5-15)18-11(13)14/h2-3,11H,4H2,1H3. The number of hydrogen-bond donors (Lipinski definition) is 0. The Balaban J connectivity index is 3.43. The molecule has 0 aliphatic rings. The van der Waals surface area contributed by atoms with Gasteiger partial charge in [-0.2, -0.15) is 14.0 Å². The summed E-state index contributed by atoms with van der Waals surface area (Å²) < 4.78 is 33.0. The summed E-state index contributed by atoms with van der Waals surface area (Å²) in [5, 5.41) is 8.95. The van der Waals surface area contributed by atoms with Crippen molar-refractivity contribution in [3.63, 3.8) is 0 Å². The van der Waals surface area contributed by atoms with Crippen LogP contribution < -0.4 is 4.74 Å². The summed E-state index contributed by atoms with van der Waals surface area (Å²) in [4.78, 5) is 11.5. The molecule has 0 aliphatic carbocycles. The maximum absolute atomic E-state index is 12.2. The van der Waals surface area contributed by atoms with Crippen LogP contribution in [0.2, 0.25) is 0 Å². The molecule has 4 nitrogen and oxygen atoms in total. The molecule has 0 N–H and O–H groups in total. The summed E-state index contributed by atoms with van der Waals surface area (Å²) in [5.74, 6) is -1.28. The van der Waals surface area contributed by atoms with E-state index in [1.165, 1.54) is 6.07 Å². The van der Waals surface area contributed by atoms with Gasteiger partial charge in [-0.05, 0) is 11.6 Å². The first-order chi connectivity index (χ1) is 8.54. The smallest absolute Gasteiger partial charge is 0.387 e. The highest BCUT2D eigenvalue weighted by Crippen LogP contribution is 2.28. The second kappa shape index (κ2) is 6.17. The summed E-state index contributed by atoms with van der Waals surface area (Å²) in [6, 6.07) is 4.13. The van der Waals surface area contributed by atoms with Crippen LogP contribution in [0.3, 0.4) is 0 Å². The first-order valence-corrected chi connectivity index (χ1v) is 5.23. The molecule has 7 heteroatoms. The van der Waals surface area contributed by atoms with Gasteiger partial charge in [0.2, 0.25) is 0 Å². The number of methoxy groups -OCH3 is 1. The van der Waals surface area contributed by atoms with E-state index >= 15 is 0 Å². The van der Waals surface area contributed by atoms with Crippen molar-refractivity contribution in [2.45, 2.75) is 12.5 Å². The molecule has 96 valence electrons. The normalized spacial score (nSPS) is 10.0. The molecule has 0 saturated carbocycles. The van der Waals surface area contributed by atoms with E-state index in [1.807, 2.05) is 0 Å². The van der Waals surface area contributed by atoms with Crippen molar-refractivity contribution in [3.05, 3.63) is 28.8 Å². The van der Waals surface area contributed by atoms with Crippen molar-refractivity contribution < 1.29 is 23.0 Å². The van der Waals surface area contributed by atoms with Crippen molar-refractivity contribution in [1.82, 2.24) is 0 Å². The molecule has 0 saturated heterocycles. The van der Waals surface area contributed by atoms with Gasteiger partial charge in [-0.1, -0.05) is 6.07 Å². The van der Waals surface area contributed by atoms with Gasteiger partial charge in [-0.3, -0.25) is 0 Å². The third-order valence-electron chi connectivity index (χ3n) is 2.11. The van der Waals surface area contributed by atoms with E-state index < -0.39 is 12.6 Å². The van der Waals surface area contributed by atoms with Gasteiger partial charge < -0.3 is 9.47 Å². The van der Waals surface area contributed by atoms with E-state index in [1.54, 1.807) is 6.07 Å². The molecule has 1 aromatic carbocycles. The molecule has 0 amide bonds. The highest BCUT2D eigenvalue weighted by atomic mass is 35.5. The number of nitrogens with zero attached hydrogens (tertiary/aromatic N) is 1. The molecule has 0 heterocycles. The number of halogens is 3. The second-order valence-corrected chi connectivity index (χ2v) is 3.36. The Bertz CT molecular complexity index is 500. The summed E-state index contributed by atoms with van der Waals surface area (Å²) in [6.45, 7) is -3.09. The van der Waals surface area contributed by atoms with Crippen LogP contribution in [0.5, 0.6) is 5.75 Å². The van der Waals surface area contributed by atoms with E-state index in [4.69, 9.17) is 16.9 Å². The van der Waals surface area contributed by atoms with Crippen molar-refractivity contribution in [2.24, 2.45) is 0 Å². The SMILES string of the molecule is COC(=O)c1c(CCl)ccc(OC(F)F)c1C#N. The number of hydrogen-bond acceptors (Lipinski definition) is 4. The lowest BCUT2D eigenvalue weighted by molar-refractivity contribution is -0.0501. The Morgan fingerprint density at radius 3 is 2.67 bits per heavy atom. The van der Waals surface area contributed by atoms with Gasteiger partial charge in [-0.15, -0.1) is 11.6 Å². The Morgan fingerprint density at radius 2 is 2.22 bits per heavy atom. The first-order valence-electron chi connectivity index (χ1n) is 4.70. The molecule has 0 aromatic heterocycles. The molecule has 18 heavy (non-hydrogen) atoms. The van der Waals surface area contributed by atoms with Gasteiger partial charge in [0.05, 0.1) is 12.7 Å². The molecular weight excluding hydrogens is 268 g/mol. The van der Waals surface area contributed by atoms with E-state index in [-0.39, 0.29) is 22.8 Å². The van der Waals surface area contributed by atoms with Gasteiger partial charge in [0.1, 0.15) is 17.4 Å². The molecular formula is C11H8ClF2NO3. The molecule has 0 unspecified atom stereocenters. The lowest BCUT2D eigenvalue weighted by Crippen LogP contribution is -2.11. The maximum Gasteiger partial charge on any atom is 0.387 e. The van der Waals surface area contributed by atoms with E-state index in [2.05, 4.69) is 9.47 Å². The van der Waals surface area contributed by atoms with Gasteiger partial charge in [0, 0.05) is 5.88 Å². The average Bonchev–Trinajstić information content (AvgIpc) is 2.36. The largest absolute Gasteiger partial charge is 0.465 e. The number of rotatable bonds is 4. The molecule has 1 aromatic rings. The molecule has 0 bridgehead atoms. The third-order valence-corrected chi connectivity index (χ3v) is 2.40. The maximum atomic E-state index is 12.2. The number of nitriles is 1. The zero-order chi connectivity index (χ0) is 13.7. The zero-order valence-corrected chi connectivity index (χ0v) is 10.0.